The molecule has 12 heavy (non-hydrogen) atoms. The monoisotopic (exact) mass is 172 g/mol. The van der Waals surface area contributed by atoms with Crippen LogP contribution in [0.3, 0.4) is 0 Å². The quantitative estimate of drug-likeness (QED) is 0.701. The van der Waals surface area contributed by atoms with Gasteiger partial charge in [-0.05, 0) is 31.1 Å². The summed E-state index contributed by atoms with van der Waals surface area (Å²) in [7, 11) is 0. The Hall–Kier alpha value is -0.0800. The van der Waals surface area contributed by atoms with Gasteiger partial charge < -0.3 is 9.84 Å². The molecular formula is C10H20O2. The molecule has 0 aromatic rings. The van der Waals surface area contributed by atoms with Gasteiger partial charge >= 0.3 is 0 Å². The van der Waals surface area contributed by atoms with Crippen LogP contribution in [-0.2, 0) is 4.74 Å². The topological polar surface area (TPSA) is 29.5 Å². The van der Waals surface area contributed by atoms with E-state index in [1.54, 1.807) is 0 Å². The lowest BCUT2D eigenvalue weighted by Crippen LogP contribution is -2.20. The van der Waals surface area contributed by atoms with Gasteiger partial charge in [0.05, 0.1) is 6.10 Å². The van der Waals surface area contributed by atoms with Crippen molar-refractivity contribution in [3.05, 3.63) is 0 Å². The van der Waals surface area contributed by atoms with E-state index in [0.29, 0.717) is 24.5 Å². The van der Waals surface area contributed by atoms with E-state index in [9.17, 15) is 0 Å². The largest absolute Gasteiger partial charge is 0.396 e. The number of ether oxygens (including phenoxy) is 1. The van der Waals surface area contributed by atoms with Crippen molar-refractivity contribution in [2.24, 2.45) is 11.8 Å². The highest BCUT2D eigenvalue weighted by Crippen LogP contribution is 2.23. The first-order chi connectivity index (χ1) is 5.74. The average molecular weight is 172 g/mol. The van der Waals surface area contributed by atoms with Crippen molar-refractivity contribution in [2.75, 3.05) is 13.2 Å². The van der Waals surface area contributed by atoms with Crippen molar-refractivity contribution in [1.82, 2.24) is 0 Å². The maximum absolute atomic E-state index is 9.10. The molecule has 1 aliphatic heterocycles. The van der Waals surface area contributed by atoms with E-state index in [4.69, 9.17) is 9.84 Å². The minimum atomic E-state index is 0.303. The Morgan fingerprint density at radius 1 is 1.50 bits per heavy atom. The van der Waals surface area contributed by atoms with E-state index in [1.807, 2.05) is 0 Å². The van der Waals surface area contributed by atoms with Gasteiger partial charge in [-0.3, -0.25) is 0 Å². The number of hydrogen-bond acceptors (Lipinski definition) is 2. The van der Waals surface area contributed by atoms with Crippen molar-refractivity contribution in [2.45, 2.75) is 39.2 Å². The second kappa shape index (κ2) is 4.83. The molecule has 1 aliphatic rings. The molecule has 1 N–H and O–H groups in total. The van der Waals surface area contributed by atoms with Crippen molar-refractivity contribution in [3.63, 3.8) is 0 Å². The van der Waals surface area contributed by atoms with Crippen molar-refractivity contribution >= 4 is 0 Å². The fraction of sp³-hybridized carbons (Fsp3) is 1.00. The third-order valence-corrected chi connectivity index (χ3v) is 2.77. The summed E-state index contributed by atoms with van der Waals surface area (Å²) < 4.78 is 5.52. The highest BCUT2D eigenvalue weighted by atomic mass is 16.5. The first kappa shape index (κ1) is 10.0. The van der Waals surface area contributed by atoms with Crippen LogP contribution in [0.25, 0.3) is 0 Å². The van der Waals surface area contributed by atoms with E-state index < -0.39 is 0 Å². The molecule has 0 aromatic carbocycles. The predicted molar refractivity (Wildman–Crippen MR) is 49.0 cm³/mol. The molecule has 1 rings (SSSR count). The maximum atomic E-state index is 9.10. The minimum absolute atomic E-state index is 0.303. The zero-order chi connectivity index (χ0) is 8.97. The van der Waals surface area contributed by atoms with Crippen molar-refractivity contribution < 1.29 is 9.84 Å². The Morgan fingerprint density at radius 2 is 2.25 bits per heavy atom. The third-order valence-electron chi connectivity index (χ3n) is 2.77. The SMILES string of the molecule is CC(C)C(CO)CC1CCCO1. The van der Waals surface area contributed by atoms with Crippen LogP contribution in [0.4, 0.5) is 0 Å². The Bertz CT molecular complexity index is 117. The van der Waals surface area contributed by atoms with Crippen molar-refractivity contribution in [3.8, 4) is 0 Å². The van der Waals surface area contributed by atoms with Gasteiger partial charge in [0.15, 0.2) is 0 Å². The van der Waals surface area contributed by atoms with Crippen LogP contribution in [0.2, 0.25) is 0 Å². The Labute approximate surface area is 74.9 Å². The van der Waals surface area contributed by atoms with Gasteiger partial charge in [0.1, 0.15) is 0 Å². The second-order valence-electron chi connectivity index (χ2n) is 4.06. The lowest BCUT2D eigenvalue weighted by atomic mass is 9.90. The van der Waals surface area contributed by atoms with Gasteiger partial charge in [0, 0.05) is 13.2 Å². The summed E-state index contributed by atoms with van der Waals surface area (Å²) in [5, 5.41) is 9.10. The highest BCUT2D eigenvalue weighted by molar-refractivity contribution is 4.71. The number of aliphatic hydroxyl groups excluding tert-OH is 1. The number of rotatable bonds is 4. The first-order valence-electron chi connectivity index (χ1n) is 4.96. The Kier molecular flexibility index (Phi) is 4.02. The fourth-order valence-corrected chi connectivity index (χ4v) is 1.73. The molecule has 72 valence electrons. The molecule has 0 bridgehead atoms. The number of aliphatic hydroxyl groups is 1. The Balaban J connectivity index is 2.26. The van der Waals surface area contributed by atoms with Crippen LogP contribution >= 0.6 is 0 Å². The molecular weight excluding hydrogens is 152 g/mol. The smallest absolute Gasteiger partial charge is 0.0579 e. The summed E-state index contributed by atoms with van der Waals surface area (Å²) in [4.78, 5) is 0. The summed E-state index contributed by atoms with van der Waals surface area (Å²) in [6, 6.07) is 0. The zero-order valence-corrected chi connectivity index (χ0v) is 8.12. The highest BCUT2D eigenvalue weighted by Gasteiger charge is 2.21. The van der Waals surface area contributed by atoms with Gasteiger partial charge in [-0.1, -0.05) is 13.8 Å². The van der Waals surface area contributed by atoms with Crippen LogP contribution in [-0.4, -0.2) is 24.4 Å². The molecule has 1 saturated heterocycles. The molecule has 2 unspecified atom stereocenters. The van der Waals surface area contributed by atoms with Crippen molar-refractivity contribution in [1.29, 1.82) is 0 Å². The normalized spacial score (nSPS) is 26.5. The second-order valence-corrected chi connectivity index (χ2v) is 4.06. The van der Waals surface area contributed by atoms with Crippen LogP contribution in [0.1, 0.15) is 33.1 Å². The summed E-state index contributed by atoms with van der Waals surface area (Å²) >= 11 is 0. The van der Waals surface area contributed by atoms with Gasteiger partial charge in [-0.2, -0.15) is 0 Å². The number of hydrogen-bond donors (Lipinski definition) is 1. The molecule has 0 spiro atoms. The molecule has 2 atom stereocenters. The molecule has 0 aromatic heterocycles. The minimum Gasteiger partial charge on any atom is -0.396 e. The first-order valence-corrected chi connectivity index (χ1v) is 4.96. The molecule has 0 saturated carbocycles. The van der Waals surface area contributed by atoms with Gasteiger partial charge in [-0.15, -0.1) is 0 Å². The molecule has 2 heteroatoms. The van der Waals surface area contributed by atoms with E-state index in [-0.39, 0.29) is 0 Å². The molecule has 0 radical (unpaired) electrons. The van der Waals surface area contributed by atoms with Gasteiger partial charge in [0.2, 0.25) is 0 Å². The lowest BCUT2D eigenvalue weighted by Gasteiger charge is -2.21. The maximum Gasteiger partial charge on any atom is 0.0579 e. The molecule has 1 fully saturated rings. The van der Waals surface area contributed by atoms with Crippen LogP contribution in [0.15, 0.2) is 0 Å². The van der Waals surface area contributed by atoms with Crippen LogP contribution in [0, 0.1) is 11.8 Å². The molecule has 0 amide bonds. The molecule has 1 heterocycles. The third kappa shape index (κ3) is 2.76. The molecule has 0 aliphatic carbocycles. The predicted octanol–water partition coefficient (Wildman–Crippen LogP) is 1.82. The van der Waals surface area contributed by atoms with E-state index >= 15 is 0 Å². The summed E-state index contributed by atoms with van der Waals surface area (Å²) in [6.45, 7) is 5.55. The average Bonchev–Trinajstić information content (AvgIpc) is 2.51. The Morgan fingerprint density at radius 3 is 2.67 bits per heavy atom. The summed E-state index contributed by atoms with van der Waals surface area (Å²) in [5.74, 6) is 0.993. The van der Waals surface area contributed by atoms with Gasteiger partial charge in [0.25, 0.3) is 0 Å². The van der Waals surface area contributed by atoms with Crippen LogP contribution in [0.5, 0.6) is 0 Å². The standard InChI is InChI=1S/C10H20O2/c1-8(2)9(7-11)6-10-4-3-5-12-10/h8-11H,3-7H2,1-2H3. The van der Waals surface area contributed by atoms with E-state index in [0.717, 1.165) is 13.0 Å². The zero-order valence-electron chi connectivity index (χ0n) is 8.12. The van der Waals surface area contributed by atoms with Gasteiger partial charge in [-0.25, -0.2) is 0 Å². The summed E-state index contributed by atoms with van der Waals surface area (Å²) in [6.07, 6.45) is 3.84. The van der Waals surface area contributed by atoms with Crippen LogP contribution < -0.4 is 0 Å². The summed E-state index contributed by atoms with van der Waals surface area (Å²) in [5.41, 5.74) is 0. The lowest BCUT2D eigenvalue weighted by molar-refractivity contribution is 0.0649. The van der Waals surface area contributed by atoms with E-state index in [1.165, 1.54) is 12.8 Å². The van der Waals surface area contributed by atoms with E-state index in [2.05, 4.69) is 13.8 Å². The molecule has 2 nitrogen and oxygen atoms in total. The fourth-order valence-electron chi connectivity index (χ4n) is 1.73.